The van der Waals surface area contributed by atoms with Gasteiger partial charge in [-0.1, -0.05) is 12.2 Å². The summed E-state index contributed by atoms with van der Waals surface area (Å²) in [5, 5.41) is 5.15. The van der Waals surface area contributed by atoms with E-state index >= 15 is 0 Å². The summed E-state index contributed by atoms with van der Waals surface area (Å²) in [6.45, 7) is 6.00. The van der Waals surface area contributed by atoms with E-state index in [-0.39, 0.29) is 18.4 Å². The van der Waals surface area contributed by atoms with Crippen LogP contribution in [0.15, 0.2) is 6.07 Å². The lowest BCUT2D eigenvalue weighted by Crippen LogP contribution is -2.37. The number of carbonyl (C=O) groups is 2. The Hall–Kier alpha value is -1.69. The Kier molecular flexibility index (Phi) is 5.03. The van der Waals surface area contributed by atoms with Crippen LogP contribution in [0.2, 0.25) is 0 Å². The Bertz CT molecular complexity index is 523. The molecule has 1 heterocycles. The Labute approximate surface area is 111 Å². The topological polar surface area (TPSA) is 74.0 Å². The summed E-state index contributed by atoms with van der Waals surface area (Å²) >= 11 is 5.12. The van der Waals surface area contributed by atoms with Gasteiger partial charge in [0.2, 0.25) is 5.91 Å². The third-order valence-electron chi connectivity index (χ3n) is 2.38. The van der Waals surface area contributed by atoms with Crippen molar-refractivity contribution in [3.63, 3.8) is 0 Å². The highest BCUT2D eigenvalue weighted by Crippen LogP contribution is 2.09. The van der Waals surface area contributed by atoms with Gasteiger partial charge in [0.15, 0.2) is 0 Å². The summed E-state index contributed by atoms with van der Waals surface area (Å²) in [6, 6.07) is 1.84. The second-order valence-electron chi connectivity index (χ2n) is 3.98. The smallest absolute Gasteiger partial charge is 0.254 e. The van der Waals surface area contributed by atoms with Gasteiger partial charge < -0.3 is 15.6 Å². The summed E-state index contributed by atoms with van der Waals surface area (Å²) in [4.78, 5) is 26.1. The van der Waals surface area contributed by atoms with E-state index in [2.05, 4.69) is 15.6 Å². The summed E-state index contributed by atoms with van der Waals surface area (Å²) in [5.41, 5.74) is 2.11. The summed E-state index contributed by atoms with van der Waals surface area (Å²) in [6.07, 6.45) is 0. The van der Waals surface area contributed by atoms with Crippen LogP contribution < -0.4 is 10.6 Å². The van der Waals surface area contributed by atoms with E-state index in [4.69, 9.17) is 12.2 Å². The molecule has 0 radical (unpaired) electrons. The van der Waals surface area contributed by atoms with Crippen molar-refractivity contribution in [1.29, 1.82) is 0 Å². The molecule has 1 aromatic heterocycles. The van der Waals surface area contributed by atoms with Gasteiger partial charge in [-0.05, 0) is 32.4 Å². The van der Waals surface area contributed by atoms with Gasteiger partial charge in [-0.3, -0.25) is 9.59 Å². The lowest BCUT2D eigenvalue weighted by Gasteiger charge is -2.08. The molecule has 0 aliphatic heterocycles. The fourth-order valence-electron chi connectivity index (χ4n) is 1.64. The van der Waals surface area contributed by atoms with Gasteiger partial charge >= 0.3 is 0 Å². The van der Waals surface area contributed by atoms with Crippen molar-refractivity contribution in [3.8, 4) is 0 Å². The number of aryl methyl sites for hydroxylation is 2. The van der Waals surface area contributed by atoms with Crippen molar-refractivity contribution >= 4 is 24.0 Å². The molecule has 0 fully saturated rings. The van der Waals surface area contributed by atoms with Crippen molar-refractivity contribution < 1.29 is 9.59 Å². The zero-order valence-electron chi connectivity index (χ0n) is 10.7. The number of amides is 2. The minimum Gasteiger partial charge on any atom is -0.355 e. The first-order valence-electron chi connectivity index (χ1n) is 5.71. The number of likely N-dealkylation sites (N-methyl/N-ethyl adjacent to an activating group) is 1. The Morgan fingerprint density at radius 3 is 2.56 bits per heavy atom. The van der Waals surface area contributed by atoms with Crippen LogP contribution in [0.5, 0.6) is 0 Å². The van der Waals surface area contributed by atoms with Gasteiger partial charge in [0.1, 0.15) is 4.64 Å². The van der Waals surface area contributed by atoms with Gasteiger partial charge in [-0.25, -0.2) is 0 Å². The van der Waals surface area contributed by atoms with Crippen LogP contribution in [-0.4, -0.2) is 29.9 Å². The normalized spacial score (nSPS) is 9.94. The van der Waals surface area contributed by atoms with E-state index in [1.165, 1.54) is 0 Å². The van der Waals surface area contributed by atoms with E-state index in [1.807, 2.05) is 26.8 Å². The highest BCUT2D eigenvalue weighted by molar-refractivity contribution is 7.71. The molecule has 18 heavy (non-hydrogen) atoms. The first kappa shape index (κ1) is 14.4. The molecule has 1 aromatic rings. The molecule has 98 valence electrons. The molecule has 0 spiro atoms. The molecule has 0 aliphatic rings. The molecule has 0 saturated carbocycles. The molecule has 0 aromatic carbocycles. The number of hydrogen-bond donors (Lipinski definition) is 3. The summed E-state index contributed by atoms with van der Waals surface area (Å²) in [7, 11) is 0. The third kappa shape index (κ3) is 3.66. The van der Waals surface area contributed by atoms with Crippen LogP contribution in [0.4, 0.5) is 0 Å². The number of hydrogen-bond acceptors (Lipinski definition) is 3. The summed E-state index contributed by atoms with van der Waals surface area (Å²) in [5.74, 6) is -0.550. The third-order valence-corrected chi connectivity index (χ3v) is 2.68. The maximum atomic E-state index is 11.9. The number of rotatable bonds is 4. The number of H-pyrrole nitrogens is 1. The minimum absolute atomic E-state index is 0.0469. The van der Waals surface area contributed by atoms with Crippen molar-refractivity contribution in [2.24, 2.45) is 0 Å². The number of aromatic amines is 1. The van der Waals surface area contributed by atoms with Gasteiger partial charge in [-0.15, -0.1) is 0 Å². The molecular formula is C12H17N3O2S. The molecule has 0 unspecified atom stereocenters. The highest BCUT2D eigenvalue weighted by Gasteiger charge is 2.12. The predicted octanol–water partition coefficient (Wildman–Crippen LogP) is 1.23. The van der Waals surface area contributed by atoms with Crippen molar-refractivity contribution in [2.75, 3.05) is 13.1 Å². The van der Waals surface area contributed by atoms with E-state index < -0.39 is 0 Å². The number of pyridine rings is 1. The number of nitrogens with one attached hydrogen (secondary N) is 3. The Morgan fingerprint density at radius 2 is 2.00 bits per heavy atom. The molecule has 1 rings (SSSR count). The molecular weight excluding hydrogens is 250 g/mol. The van der Waals surface area contributed by atoms with E-state index in [0.717, 1.165) is 11.3 Å². The average Bonchev–Trinajstić information content (AvgIpc) is 2.25. The molecule has 2 amide bonds. The maximum absolute atomic E-state index is 11.9. The van der Waals surface area contributed by atoms with Crippen LogP contribution in [0, 0.1) is 18.5 Å². The van der Waals surface area contributed by atoms with Crippen LogP contribution in [-0.2, 0) is 4.79 Å². The molecule has 0 bridgehead atoms. The van der Waals surface area contributed by atoms with Gasteiger partial charge in [-0.2, -0.15) is 0 Å². The molecule has 5 nitrogen and oxygen atoms in total. The maximum Gasteiger partial charge on any atom is 0.254 e. The van der Waals surface area contributed by atoms with Crippen LogP contribution in [0.1, 0.15) is 28.5 Å². The van der Waals surface area contributed by atoms with Crippen LogP contribution >= 0.6 is 12.2 Å². The van der Waals surface area contributed by atoms with Crippen molar-refractivity contribution in [3.05, 3.63) is 27.5 Å². The second kappa shape index (κ2) is 6.30. The fourth-order valence-corrected chi connectivity index (χ4v) is 2.06. The predicted molar refractivity (Wildman–Crippen MR) is 72.1 cm³/mol. The molecule has 0 aliphatic carbocycles. The van der Waals surface area contributed by atoms with E-state index in [9.17, 15) is 9.59 Å². The van der Waals surface area contributed by atoms with E-state index in [1.54, 1.807) is 0 Å². The molecule has 6 heteroatoms. The standard InChI is InChI=1S/C12H17N3O2S/c1-4-13-9(16)6-14-11(17)10-7(2)5-8(3)15-12(10)18/h5H,4,6H2,1-3H3,(H,13,16)(H,14,17)(H,15,18). The quantitative estimate of drug-likeness (QED) is 0.718. The van der Waals surface area contributed by atoms with Gasteiger partial charge in [0, 0.05) is 12.2 Å². The average molecular weight is 267 g/mol. The van der Waals surface area contributed by atoms with Gasteiger partial charge in [0.05, 0.1) is 12.1 Å². The van der Waals surface area contributed by atoms with E-state index in [0.29, 0.717) is 16.7 Å². The monoisotopic (exact) mass is 267 g/mol. The van der Waals surface area contributed by atoms with Crippen LogP contribution in [0.25, 0.3) is 0 Å². The number of carbonyl (C=O) groups excluding carboxylic acids is 2. The SMILES string of the molecule is CCNC(=O)CNC(=O)c1c(C)cc(C)[nH]c1=S. The zero-order chi connectivity index (χ0) is 13.7. The lowest BCUT2D eigenvalue weighted by atomic mass is 10.1. The highest BCUT2D eigenvalue weighted by atomic mass is 32.1. The first-order valence-corrected chi connectivity index (χ1v) is 6.12. The molecule has 0 saturated heterocycles. The van der Waals surface area contributed by atoms with Crippen molar-refractivity contribution in [1.82, 2.24) is 15.6 Å². The largest absolute Gasteiger partial charge is 0.355 e. The zero-order valence-corrected chi connectivity index (χ0v) is 11.5. The second-order valence-corrected chi connectivity index (χ2v) is 4.38. The molecule has 0 atom stereocenters. The first-order chi connectivity index (χ1) is 8.45. The van der Waals surface area contributed by atoms with Crippen LogP contribution in [0.3, 0.4) is 0 Å². The molecule has 3 N–H and O–H groups in total. The number of aromatic nitrogens is 1. The Balaban J connectivity index is 2.80. The minimum atomic E-state index is -0.333. The summed E-state index contributed by atoms with van der Waals surface area (Å²) < 4.78 is 0.390. The van der Waals surface area contributed by atoms with Gasteiger partial charge in [0.25, 0.3) is 5.91 Å². The van der Waals surface area contributed by atoms with Crippen molar-refractivity contribution in [2.45, 2.75) is 20.8 Å². The Morgan fingerprint density at radius 1 is 1.33 bits per heavy atom. The fraction of sp³-hybridized carbons (Fsp3) is 0.417. The lowest BCUT2D eigenvalue weighted by molar-refractivity contribution is -0.120.